The number of aryl methyl sites for hydroxylation is 1. The Bertz CT molecular complexity index is 1240. The largest absolute Gasteiger partial charge is 0.497 e. The van der Waals surface area contributed by atoms with Crippen molar-refractivity contribution in [2.24, 2.45) is 0 Å². The number of para-hydroxylation sites is 2. The maximum atomic E-state index is 12.2. The van der Waals surface area contributed by atoms with E-state index in [0.717, 1.165) is 41.3 Å². The molecular formula is C27H28ClN3O4. The molecule has 0 radical (unpaired) electrons. The second-order valence-corrected chi connectivity index (χ2v) is 8.32. The van der Waals surface area contributed by atoms with E-state index < -0.39 is 0 Å². The Hall–Kier alpha value is -3.71. The van der Waals surface area contributed by atoms with Crippen LogP contribution in [0.15, 0.2) is 72.8 Å². The van der Waals surface area contributed by atoms with E-state index in [0.29, 0.717) is 30.3 Å². The summed E-state index contributed by atoms with van der Waals surface area (Å²) in [5.74, 6) is 2.95. The molecule has 0 aliphatic carbocycles. The molecule has 4 rings (SSSR count). The zero-order valence-corrected chi connectivity index (χ0v) is 20.3. The van der Waals surface area contributed by atoms with E-state index in [1.54, 1.807) is 31.4 Å². The molecule has 0 fully saturated rings. The fourth-order valence-corrected chi connectivity index (χ4v) is 3.82. The lowest BCUT2D eigenvalue weighted by Gasteiger charge is -2.11. The van der Waals surface area contributed by atoms with Gasteiger partial charge in [-0.15, -0.1) is 0 Å². The molecule has 8 heteroatoms. The van der Waals surface area contributed by atoms with Gasteiger partial charge in [0.15, 0.2) is 6.61 Å². The zero-order valence-electron chi connectivity index (χ0n) is 19.6. The van der Waals surface area contributed by atoms with Crippen molar-refractivity contribution in [2.75, 3.05) is 26.9 Å². The second kappa shape index (κ2) is 12.1. The van der Waals surface area contributed by atoms with Crippen LogP contribution in [-0.2, 0) is 17.8 Å². The maximum absolute atomic E-state index is 12.2. The summed E-state index contributed by atoms with van der Waals surface area (Å²) in [6, 6.07) is 22.5. The molecule has 0 aliphatic heterocycles. The number of aromatic nitrogens is 2. The van der Waals surface area contributed by atoms with Crippen molar-refractivity contribution < 1.29 is 19.0 Å². The van der Waals surface area contributed by atoms with E-state index in [2.05, 4.69) is 16.0 Å². The van der Waals surface area contributed by atoms with Crippen LogP contribution in [-0.4, -0.2) is 42.3 Å². The Morgan fingerprint density at radius 2 is 1.63 bits per heavy atom. The summed E-state index contributed by atoms with van der Waals surface area (Å²) in [5.41, 5.74) is 2.01. The number of ether oxygens (including phenoxy) is 3. The lowest BCUT2D eigenvalue weighted by Crippen LogP contribution is -2.31. The van der Waals surface area contributed by atoms with Gasteiger partial charge in [-0.05, 0) is 67.1 Å². The summed E-state index contributed by atoms with van der Waals surface area (Å²) in [5, 5.41) is 3.53. The van der Waals surface area contributed by atoms with Gasteiger partial charge in [0.1, 0.15) is 23.1 Å². The van der Waals surface area contributed by atoms with Crippen LogP contribution in [0, 0.1) is 0 Å². The molecule has 0 unspecified atom stereocenters. The molecule has 182 valence electrons. The first-order valence-electron chi connectivity index (χ1n) is 11.5. The molecule has 0 bridgehead atoms. The summed E-state index contributed by atoms with van der Waals surface area (Å²) < 4.78 is 18.7. The number of rotatable bonds is 12. The van der Waals surface area contributed by atoms with Crippen molar-refractivity contribution in [2.45, 2.75) is 19.4 Å². The van der Waals surface area contributed by atoms with Gasteiger partial charge >= 0.3 is 0 Å². The number of hydrogen-bond donors (Lipinski definition) is 1. The highest BCUT2D eigenvalue weighted by atomic mass is 35.5. The van der Waals surface area contributed by atoms with E-state index >= 15 is 0 Å². The van der Waals surface area contributed by atoms with Crippen molar-refractivity contribution in [1.29, 1.82) is 0 Å². The van der Waals surface area contributed by atoms with Crippen LogP contribution in [0.25, 0.3) is 11.0 Å². The summed E-state index contributed by atoms with van der Waals surface area (Å²) in [4.78, 5) is 17.0. The Morgan fingerprint density at radius 3 is 2.40 bits per heavy atom. The maximum Gasteiger partial charge on any atom is 0.257 e. The van der Waals surface area contributed by atoms with Gasteiger partial charge in [0.05, 0.1) is 24.8 Å². The number of halogens is 1. The number of methoxy groups -OCH3 is 1. The molecule has 1 heterocycles. The average molecular weight is 494 g/mol. The second-order valence-electron chi connectivity index (χ2n) is 7.89. The average Bonchev–Trinajstić information content (AvgIpc) is 3.24. The van der Waals surface area contributed by atoms with Crippen molar-refractivity contribution in [3.8, 4) is 17.2 Å². The van der Waals surface area contributed by atoms with Gasteiger partial charge < -0.3 is 24.1 Å². The third-order valence-electron chi connectivity index (χ3n) is 5.44. The Labute approximate surface area is 209 Å². The number of carbonyl (C=O) groups is 1. The molecule has 0 aliphatic rings. The van der Waals surface area contributed by atoms with E-state index in [1.165, 1.54) is 0 Å². The number of benzene rings is 3. The van der Waals surface area contributed by atoms with Crippen LogP contribution in [0.1, 0.15) is 12.2 Å². The molecule has 1 aromatic heterocycles. The number of amides is 1. The SMILES string of the molecule is COc1ccc(OCCCn2c(CCNC(=O)COc3ccc(Cl)cc3)nc3ccccc32)cc1. The van der Waals surface area contributed by atoms with Gasteiger partial charge in [0, 0.05) is 24.5 Å². The molecule has 1 amide bonds. The third kappa shape index (κ3) is 6.90. The fourth-order valence-electron chi connectivity index (χ4n) is 3.69. The van der Waals surface area contributed by atoms with Crippen LogP contribution in [0.5, 0.6) is 17.2 Å². The van der Waals surface area contributed by atoms with Crippen LogP contribution >= 0.6 is 11.6 Å². The van der Waals surface area contributed by atoms with Crippen molar-refractivity contribution in [3.05, 3.63) is 83.6 Å². The monoisotopic (exact) mass is 493 g/mol. The Balaban J connectivity index is 1.28. The molecule has 3 aromatic carbocycles. The first-order valence-corrected chi connectivity index (χ1v) is 11.9. The summed E-state index contributed by atoms with van der Waals surface area (Å²) in [6.07, 6.45) is 1.43. The summed E-state index contributed by atoms with van der Waals surface area (Å²) in [6.45, 7) is 1.76. The predicted octanol–water partition coefficient (Wildman–Crippen LogP) is 4.91. The van der Waals surface area contributed by atoms with Crippen molar-refractivity contribution in [1.82, 2.24) is 14.9 Å². The minimum absolute atomic E-state index is 0.0548. The van der Waals surface area contributed by atoms with Gasteiger partial charge in [-0.1, -0.05) is 23.7 Å². The van der Waals surface area contributed by atoms with E-state index in [9.17, 15) is 4.79 Å². The molecule has 0 spiro atoms. The first-order chi connectivity index (χ1) is 17.1. The number of fused-ring (bicyclic) bond motifs is 1. The van der Waals surface area contributed by atoms with Crippen molar-refractivity contribution >= 4 is 28.5 Å². The lowest BCUT2D eigenvalue weighted by molar-refractivity contribution is -0.123. The lowest BCUT2D eigenvalue weighted by atomic mass is 10.3. The topological polar surface area (TPSA) is 74.6 Å². The highest BCUT2D eigenvalue weighted by Gasteiger charge is 2.11. The normalized spacial score (nSPS) is 10.8. The van der Waals surface area contributed by atoms with Crippen molar-refractivity contribution in [3.63, 3.8) is 0 Å². The minimum atomic E-state index is -0.185. The molecule has 0 atom stereocenters. The number of hydrogen-bond acceptors (Lipinski definition) is 5. The summed E-state index contributed by atoms with van der Waals surface area (Å²) >= 11 is 5.87. The molecule has 0 saturated heterocycles. The molecule has 0 saturated carbocycles. The van der Waals surface area contributed by atoms with Crippen LogP contribution < -0.4 is 19.5 Å². The highest BCUT2D eigenvalue weighted by Crippen LogP contribution is 2.19. The van der Waals surface area contributed by atoms with Crippen LogP contribution in [0.3, 0.4) is 0 Å². The zero-order chi connectivity index (χ0) is 24.5. The quantitative estimate of drug-likeness (QED) is 0.284. The van der Waals surface area contributed by atoms with Crippen LogP contribution in [0.4, 0.5) is 0 Å². The first kappa shape index (κ1) is 24.4. The number of imidazole rings is 1. The van der Waals surface area contributed by atoms with Gasteiger partial charge in [-0.25, -0.2) is 4.98 Å². The van der Waals surface area contributed by atoms with Gasteiger partial charge in [0.25, 0.3) is 5.91 Å². The molecular weight excluding hydrogens is 466 g/mol. The van der Waals surface area contributed by atoms with E-state index in [4.69, 9.17) is 30.8 Å². The Kier molecular flexibility index (Phi) is 8.46. The third-order valence-corrected chi connectivity index (χ3v) is 5.69. The van der Waals surface area contributed by atoms with Gasteiger partial charge in [-0.3, -0.25) is 4.79 Å². The number of carbonyl (C=O) groups excluding carboxylic acids is 1. The number of nitrogens with one attached hydrogen (secondary N) is 1. The minimum Gasteiger partial charge on any atom is -0.497 e. The molecule has 4 aromatic rings. The predicted molar refractivity (Wildman–Crippen MR) is 136 cm³/mol. The standard InChI is InChI=1S/C27H28ClN3O4/c1-33-21-11-13-22(14-12-21)34-18-4-17-31-25-6-3-2-5-24(25)30-26(31)15-16-29-27(32)19-35-23-9-7-20(28)8-10-23/h2-3,5-14H,4,15-19H2,1H3,(H,29,32). The molecule has 35 heavy (non-hydrogen) atoms. The fraction of sp³-hybridized carbons (Fsp3) is 0.259. The highest BCUT2D eigenvalue weighted by molar-refractivity contribution is 6.30. The van der Waals surface area contributed by atoms with Crippen LogP contribution in [0.2, 0.25) is 5.02 Å². The van der Waals surface area contributed by atoms with E-state index in [1.807, 2.05) is 42.5 Å². The van der Waals surface area contributed by atoms with Gasteiger partial charge in [0.2, 0.25) is 0 Å². The Morgan fingerprint density at radius 1 is 0.943 bits per heavy atom. The van der Waals surface area contributed by atoms with E-state index in [-0.39, 0.29) is 12.5 Å². The number of nitrogens with zero attached hydrogens (tertiary/aromatic N) is 2. The van der Waals surface area contributed by atoms with Gasteiger partial charge in [-0.2, -0.15) is 0 Å². The molecule has 1 N–H and O–H groups in total. The molecule has 7 nitrogen and oxygen atoms in total. The summed E-state index contributed by atoms with van der Waals surface area (Å²) in [7, 11) is 1.64. The smallest absolute Gasteiger partial charge is 0.257 e.